The van der Waals surface area contributed by atoms with Crippen LogP contribution in [0.4, 0.5) is 20.2 Å². The van der Waals surface area contributed by atoms with Crippen LogP contribution in [0.2, 0.25) is 0 Å². The molecule has 2 aromatic carbocycles. The van der Waals surface area contributed by atoms with Crippen molar-refractivity contribution in [2.45, 2.75) is 6.42 Å². The highest BCUT2D eigenvalue weighted by Crippen LogP contribution is 2.39. The van der Waals surface area contributed by atoms with Crippen LogP contribution in [0.5, 0.6) is 17.2 Å². The lowest BCUT2D eigenvalue weighted by atomic mass is 10.2. The van der Waals surface area contributed by atoms with Crippen LogP contribution in [0, 0.1) is 11.6 Å². The number of benzene rings is 2. The number of halogens is 2. The van der Waals surface area contributed by atoms with Gasteiger partial charge in [0.05, 0.1) is 21.3 Å². The molecule has 6 nitrogen and oxygen atoms in total. The van der Waals surface area contributed by atoms with Crippen LogP contribution < -0.4 is 24.8 Å². The fourth-order valence-corrected chi connectivity index (χ4v) is 2.30. The number of nitrogens with one attached hydrogen (secondary N) is 2. The molecule has 2 aromatic rings. The van der Waals surface area contributed by atoms with Gasteiger partial charge in [0.1, 0.15) is 0 Å². The lowest BCUT2D eigenvalue weighted by Gasteiger charge is -2.15. The summed E-state index contributed by atoms with van der Waals surface area (Å²) in [4.78, 5) is 11.9. The minimum Gasteiger partial charge on any atom is -0.493 e. The summed E-state index contributed by atoms with van der Waals surface area (Å²) in [5.74, 6) is -0.876. The molecular weight excluding hydrogens is 346 g/mol. The van der Waals surface area contributed by atoms with Crippen LogP contribution in [0.25, 0.3) is 0 Å². The molecule has 0 aliphatic heterocycles. The Hall–Kier alpha value is -3.03. The Balaban J connectivity index is 1.94. The van der Waals surface area contributed by atoms with E-state index < -0.39 is 11.6 Å². The number of rotatable bonds is 8. The zero-order chi connectivity index (χ0) is 19.1. The maximum Gasteiger partial charge on any atom is 0.226 e. The molecule has 8 heteroatoms. The van der Waals surface area contributed by atoms with Gasteiger partial charge in [-0.25, -0.2) is 8.78 Å². The third kappa shape index (κ3) is 4.75. The number of anilines is 2. The Morgan fingerprint density at radius 3 is 2.12 bits per heavy atom. The topological polar surface area (TPSA) is 68.8 Å². The van der Waals surface area contributed by atoms with Crippen molar-refractivity contribution in [1.82, 2.24) is 0 Å². The Kier molecular flexibility index (Phi) is 6.60. The van der Waals surface area contributed by atoms with Crippen molar-refractivity contribution >= 4 is 17.3 Å². The molecule has 0 saturated carbocycles. The fraction of sp³-hybridized carbons (Fsp3) is 0.278. The number of carbonyl (C=O) groups is 1. The third-order valence-corrected chi connectivity index (χ3v) is 3.55. The molecule has 0 spiro atoms. The van der Waals surface area contributed by atoms with Crippen molar-refractivity contribution < 1.29 is 27.8 Å². The molecule has 0 heterocycles. The molecule has 2 rings (SSSR count). The molecule has 2 N–H and O–H groups in total. The maximum absolute atomic E-state index is 13.1. The molecule has 140 valence electrons. The van der Waals surface area contributed by atoms with Gasteiger partial charge in [0.15, 0.2) is 23.1 Å². The van der Waals surface area contributed by atoms with Gasteiger partial charge in [-0.05, 0) is 12.1 Å². The summed E-state index contributed by atoms with van der Waals surface area (Å²) in [7, 11) is 4.53. The summed E-state index contributed by atoms with van der Waals surface area (Å²) < 4.78 is 41.8. The third-order valence-electron chi connectivity index (χ3n) is 3.55. The smallest absolute Gasteiger partial charge is 0.226 e. The summed E-state index contributed by atoms with van der Waals surface area (Å²) in [6.45, 7) is 0.314. The molecule has 26 heavy (non-hydrogen) atoms. The van der Waals surface area contributed by atoms with Crippen molar-refractivity contribution in [3.05, 3.63) is 42.0 Å². The van der Waals surface area contributed by atoms with E-state index in [2.05, 4.69) is 10.6 Å². The van der Waals surface area contributed by atoms with Crippen molar-refractivity contribution in [3.63, 3.8) is 0 Å². The maximum atomic E-state index is 13.1. The summed E-state index contributed by atoms with van der Waals surface area (Å²) in [5, 5.41) is 5.58. The highest BCUT2D eigenvalue weighted by molar-refractivity contribution is 5.91. The Morgan fingerprint density at radius 2 is 1.58 bits per heavy atom. The van der Waals surface area contributed by atoms with E-state index in [0.717, 1.165) is 12.1 Å². The second-order valence-electron chi connectivity index (χ2n) is 5.27. The van der Waals surface area contributed by atoms with Crippen LogP contribution in [-0.2, 0) is 4.79 Å². The quantitative estimate of drug-likeness (QED) is 0.749. The molecule has 0 atom stereocenters. The van der Waals surface area contributed by atoms with Crippen LogP contribution in [-0.4, -0.2) is 33.8 Å². The highest BCUT2D eigenvalue weighted by atomic mass is 19.2. The lowest BCUT2D eigenvalue weighted by molar-refractivity contribution is -0.115. The van der Waals surface area contributed by atoms with Gasteiger partial charge < -0.3 is 24.8 Å². The first kappa shape index (κ1) is 19.3. The van der Waals surface area contributed by atoms with Crippen molar-refractivity contribution in [3.8, 4) is 17.2 Å². The van der Waals surface area contributed by atoms with E-state index in [1.807, 2.05) is 0 Å². The average molecular weight is 366 g/mol. The monoisotopic (exact) mass is 366 g/mol. The largest absolute Gasteiger partial charge is 0.493 e. The molecule has 0 unspecified atom stereocenters. The Morgan fingerprint density at radius 1 is 0.923 bits per heavy atom. The van der Waals surface area contributed by atoms with E-state index in [9.17, 15) is 13.6 Å². The van der Waals surface area contributed by atoms with Crippen LogP contribution in [0.15, 0.2) is 30.3 Å². The van der Waals surface area contributed by atoms with Gasteiger partial charge in [0, 0.05) is 42.5 Å². The Bertz CT molecular complexity index is 759. The van der Waals surface area contributed by atoms with Gasteiger partial charge in [-0.1, -0.05) is 0 Å². The minimum atomic E-state index is -1.02. The first-order valence-electron chi connectivity index (χ1n) is 7.77. The Labute approximate surface area is 150 Å². The standard InChI is InChI=1S/C18H20F2N2O4/c1-24-15-9-12(10-16(25-2)18(15)26-3)21-7-6-17(23)22-11-4-5-13(19)14(20)8-11/h4-5,8-10,21H,6-7H2,1-3H3,(H,22,23). The zero-order valence-corrected chi connectivity index (χ0v) is 14.7. The SMILES string of the molecule is COc1cc(NCCC(=O)Nc2ccc(F)c(F)c2)cc(OC)c1OC. The average Bonchev–Trinajstić information content (AvgIpc) is 2.63. The molecule has 0 aliphatic carbocycles. The summed E-state index contributed by atoms with van der Waals surface area (Å²) in [5.41, 5.74) is 0.877. The van der Waals surface area contributed by atoms with E-state index in [0.29, 0.717) is 29.5 Å². The van der Waals surface area contributed by atoms with Crippen LogP contribution in [0.3, 0.4) is 0 Å². The summed E-state index contributed by atoms with van der Waals surface area (Å²) in [6, 6.07) is 6.62. The second-order valence-corrected chi connectivity index (χ2v) is 5.27. The number of amides is 1. The number of hydrogen-bond donors (Lipinski definition) is 2. The van der Waals surface area contributed by atoms with Gasteiger partial charge in [-0.3, -0.25) is 4.79 Å². The highest BCUT2D eigenvalue weighted by Gasteiger charge is 2.13. The lowest BCUT2D eigenvalue weighted by Crippen LogP contribution is -2.16. The number of ether oxygens (including phenoxy) is 3. The van der Waals surface area contributed by atoms with Crippen LogP contribution in [0.1, 0.15) is 6.42 Å². The van der Waals surface area contributed by atoms with Gasteiger partial charge in [0.2, 0.25) is 11.7 Å². The second kappa shape index (κ2) is 8.89. The summed E-state index contributed by atoms with van der Waals surface area (Å²) >= 11 is 0. The molecule has 0 aromatic heterocycles. The predicted molar refractivity (Wildman–Crippen MR) is 94.2 cm³/mol. The van der Waals surface area contributed by atoms with Gasteiger partial charge in [-0.2, -0.15) is 0 Å². The number of carbonyl (C=O) groups excluding carboxylic acids is 1. The molecule has 0 bridgehead atoms. The summed E-state index contributed by atoms with van der Waals surface area (Å²) in [6.07, 6.45) is 0.121. The number of methoxy groups -OCH3 is 3. The number of hydrogen-bond acceptors (Lipinski definition) is 5. The van der Waals surface area contributed by atoms with Crippen molar-refractivity contribution in [2.24, 2.45) is 0 Å². The van der Waals surface area contributed by atoms with E-state index in [1.165, 1.54) is 27.4 Å². The van der Waals surface area contributed by atoms with Gasteiger partial charge in [0.25, 0.3) is 0 Å². The molecule has 0 saturated heterocycles. The van der Waals surface area contributed by atoms with E-state index in [-0.39, 0.29) is 18.0 Å². The first-order chi connectivity index (χ1) is 12.5. The van der Waals surface area contributed by atoms with Gasteiger partial charge in [-0.15, -0.1) is 0 Å². The zero-order valence-electron chi connectivity index (χ0n) is 14.7. The van der Waals surface area contributed by atoms with E-state index in [1.54, 1.807) is 12.1 Å². The van der Waals surface area contributed by atoms with E-state index >= 15 is 0 Å². The minimum absolute atomic E-state index is 0.121. The molecule has 0 radical (unpaired) electrons. The van der Waals surface area contributed by atoms with Crippen LogP contribution >= 0.6 is 0 Å². The molecule has 1 amide bonds. The fourth-order valence-electron chi connectivity index (χ4n) is 2.30. The van der Waals surface area contributed by atoms with Crippen molar-refractivity contribution in [2.75, 3.05) is 38.5 Å². The molecule has 0 fully saturated rings. The normalized spacial score (nSPS) is 10.2. The first-order valence-corrected chi connectivity index (χ1v) is 7.77. The van der Waals surface area contributed by atoms with Gasteiger partial charge >= 0.3 is 0 Å². The van der Waals surface area contributed by atoms with E-state index in [4.69, 9.17) is 14.2 Å². The molecule has 0 aliphatic rings. The predicted octanol–water partition coefficient (Wildman–Crippen LogP) is 3.43. The van der Waals surface area contributed by atoms with Crippen molar-refractivity contribution in [1.29, 1.82) is 0 Å². The molecular formula is C18H20F2N2O4.